The van der Waals surface area contributed by atoms with Crippen molar-refractivity contribution in [2.45, 2.75) is 143 Å². The Bertz CT molecular complexity index is 1260. The maximum atomic E-state index is 14.5. The molecule has 12 nitrogen and oxygen atoms in total. The number of carbonyl (C=O) groups excluding carboxylic acids is 6. The van der Waals surface area contributed by atoms with Crippen molar-refractivity contribution in [2.75, 3.05) is 13.1 Å². The molecule has 12 heteroatoms. The zero-order valence-corrected chi connectivity index (χ0v) is 31.2. The van der Waals surface area contributed by atoms with Gasteiger partial charge in [0.2, 0.25) is 17.6 Å². The number of esters is 1. The van der Waals surface area contributed by atoms with E-state index in [1.807, 2.05) is 27.7 Å². The molecule has 0 radical (unpaired) electrons. The second kappa shape index (κ2) is 16.1. The lowest BCUT2D eigenvalue weighted by Crippen LogP contribution is -2.62. The molecule has 0 bridgehead atoms. The number of nitrogens with zero attached hydrogens (tertiary/aromatic N) is 1. The predicted octanol–water partition coefficient (Wildman–Crippen LogP) is 4.02. The molecule has 0 aromatic carbocycles. The fourth-order valence-corrected chi connectivity index (χ4v) is 7.71. The summed E-state index contributed by atoms with van der Waals surface area (Å²) in [6.45, 7) is 20.9. The lowest BCUT2D eigenvalue weighted by atomic mass is 9.55. The highest BCUT2D eigenvalue weighted by Crippen LogP contribution is 2.57. The van der Waals surface area contributed by atoms with Gasteiger partial charge in [0.25, 0.3) is 5.91 Å². The monoisotopic (exact) mass is 687 g/mol. The van der Waals surface area contributed by atoms with Gasteiger partial charge >= 0.3 is 12.0 Å². The summed E-state index contributed by atoms with van der Waals surface area (Å²) in [5.41, 5.74) is -1.60. The van der Waals surface area contributed by atoms with E-state index in [9.17, 15) is 28.8 Å². The highest BCUT2D eigenvalue weighted by Gasteiger charge is 2.61. The Morgan fingerprint density at radius 3 is 2.12 bits per heavy atom. The number of amides is 5. The maximum Gasteiger partial charge on any atom is 0.329 e. The number of Topliss-reactive ketones (excluding diaryl/α,β-unsaturated/α-hetero) is 1. The van der Waals surface area contributed by atoms with Crippen LogP contribution in [0.2, 0.25) is 0 Å². The van der Waals surface area contributed by atoms with Crippen molar-refractivity contribution in [3.63, 3.8) is 0 Å². The molecule has 4 N–H and O–H groups in total. The second-order valence-corrected chi connectivity index (χ2v) is 16.9. The van der Waals surface area contributed by atoms with Crippen LogP contribution in [0.3, 0.4) is 0 Å². The van der Waals surface area contributed by atoms with Crippen LogP contribution in [0.4, 0.5) is 4.79 Å². The molecule has 0 aromatic heterocycles. The number of hydrogen-bond donors (Lipinski definition) is 4. The quantitative estimate of drug-likeness (QED) is 0.129. The highest BCUT2D eigenvalue weighted by atomic mass is 16.6. The minimum atomic E-state index is -1.04. The standard InChI is InChI=1S/C37H61N5O7/c1-11-16-25(28(43)31(45)38-19-12-2)39-30(44)27-23-20-37(9,10)24(23)21-42(27)32(46)29(35(3,4)5)41-34(48)40-26(22-17-14-13-15-18-22)33(47)49-36(6,7)8/h12,22-27,29H,2,11,13-21H2,1,3-10H3,(H,38,45)(H,39,44)(H2,40,41,48)/t23-,24-,25?,26-,27-,29+/m0/s1. The molecule has 1 unspecified atom stereocenters. The third-order valence-corrected chi connectivity index (χ3v) is 10.3. The largest absolute Gasteiger partial charge is 0.458 e. The molecule has 49 heavy (non-hydrogen) atoms. The Hall–Kier alpha value is -3.44. The van der Waals surface area contributed by atoms with Crippen LogP contribution in [0.5, 0.6) is 0 Å². The average Bonchev–Trinajstić information content (AvgIpc) is 3.34. The summed E-state index contributed by atoms with van der Waals surface area (Å²) in [7, 11) is 0. The lowest BCUT2D eigenvalue weighted by molar-refractivity contribution is -0.159. The summed E-state index contributed by atoms with van der Waals surface area (Å²) in [4.78, 5) is 82.6. The normalized spacial score (nSPS) is 23.9. The maximum absolute atomic E-state index is 14.5. The Kier molecular flexibility index (Phi) is 13.1. The Morgan fingerprint density at radius 2 is 1.59 bits per heavy atom. The first-order valence-corrected chi connectivity index (χ1v) is 18.1. The Balaban J connectivity index is 1.86. The zero-order valence-electron chi connectivity index (χ0n) is 31.2. The zero-order chi connectivity index (χ0) is 36.9. The van der Waals surface area contributed by atoms with Gasteiger partial charge in [-0.25, -0.2) is 9.59 Å². The summed E-state index contributed by atoms with van der Waals surface area (Å²) in [6, 6.07) is -4.48. The van der Waals surface area contributed by atoms with Crippen LogP contribution < -0.4 is 21.3 Å². The molecule has 1 saturated heterocycles. The van der Waals surface area contributed by atoms with Crippen molar-refractivity contribution in [2.24, 2.45) is 28.6 Å². The average molecular weight is 688 g/mol. The fraction of sp³-hybridized carbons (Fsp3) is 0.784. The summed E-state index contributed by atoms with van der Waals surface area (Å²) in [6.07, 6.45) is 7.54. The third-order valence-electron chi connectivity index (χ3n) is 10.3. The van der Waals surface area contributed by atoms with Crippen LogP contribution >= 0.6 is 0 Å². The molecule has 5 amide bonds. The van der Waals surface area contributed by atoms with Crippen molar-refractivity contribution in [3.05, 3.63) is 12.7 Å². The van der Waals surface area contributed by atoms with Gasteiger partial charge < -0.3 is 30.9 Å². The van der Waals surface area contributed by atoms with Gasteiger partial charge in [-0.15, -0.1) is 6.58 Å². The van der Waals surface area contributed by atoms with Crippen LogP contribution in [0.1, 0.15) is 114 Å². The molecule has 0 aromatic rings. The van der Waals surface area contributed by atoms with Crippen molar-refractivity contribution >= 4 is 35.5 Å². The molecule has 1 heterocycles. The van der Waals surface area contributed by atoms with Gasteiger partial charge in [-0.05, 0) is 75.0 Å². The van der Waals surface area contributed by atoms with Crippen molar-refractivity contribution < 1.29 is 33.5 Å². The first-order valence-electron chi connectivity index (χ1n) is 18.1. The van der Waals surface area contributed by atoms with E-state index in [4.69, 9.17) is 4.74 Å². The summed E-state index contributed by atoms with van der Waals surface area (Å²) < 4.78 is 5.69. The SMILES string of the molecule is C=CCNC(=O)C(=O)C(CCC)NC(=O)[C@@H]1[C@H]2CC(C)(C)[C@H]2CN1C(=O)[C@@H](NC(=O)N[C@H](C(=O)OC(C)(C)C)C1CCCCC1)C(C)(C)C. The molecule has 3 aliphatic rings. The summed E-state index contributed by atoms with van der Waals surface area (Å²) >= 11 is 0. The number of ketones is 1. The van der Waals surface area contributed by atoms with E-state index >= 15 is 0 Å². The van der Waals surface area contributed by atoms with Gasteiger partial charge in [0, 0.05) is 13.1 Å². The molecule has 0 spiro atoms. The summed E-state index contributed by atoms with van der Waals surface area (Å²) in [5.74, 6) is -3.13. The number of urea groups is 1. The van der Waals surface area contributed by atoms with E-state index in [1.54, 1.807) is 25.7 Å². The first kappa shape index (κ1) is 40.0. The number of rotatable bonds is 13. The van der Waals surface area contributed by atoms with Crippen LogP contribution in [0.25, 0.3) is 0 Å². The second-order valence-electron chi connectivity index (χ2n) is 16.9. The van der Waals surface area contributed by atoms with Crippen LogP contribution in [-0.2, 0) is 28.7 Å². The van der Waals surface area contributed by atoms with E-state index in [0.29, 0.717) is 19.4 Å². The molecular weight excluding hydrogens is 626 g/mol. The minimum absolute atomic E-state index is 0.0423. The van der Waals surface area contributed by atoms with Gasteiger partial charge in [0.1, 0.15) is 23.7 Å². The molecule has 6 atom stereocenters. The van der Waals surface area contributed by atoms with E-state index in [1.165, 1.54) is 6.08 Å². The molecule has 3 rings (SSSR count). The van der Waals surface area contributed by atoms with E-state index in [2.05, 4.69) is 41.7 Å². The number of carbonyl (C=O) groups is 6. The number of fused-ring (bicyclic) bond motifs is 1. The molecule has 2 saturated carbocycles. The minimum Gasteiger partial charge on any atom is -0.458 e. The lowest BCUT2D eigenvalue weighted by Gasteiger charge is -2.48. The van der Waals surface area contributed by atoms with Crippen molar-refractivity contribution in [3.8, 4) is 0 Å². The molecule has 276 valence electrons. The Labute approximate surface area is 292 Å². The smallest absolute Gasteiger partial charge is 0.329 e. The molecule has 3 fully saturated rings. The highest BCUT2D eigenvalue weighted by molar-refractivity contribution is 6.38. The fourth-order valence-electron chi connectivity index (χ4n) is 7.71. The summed E-state index contributed by atoms with van der Waals surface area (Å²) in [5, 5.41) is 11.0. The van der Waals surface area contributed by atoms with Crippen molar-refractivity contribution in [1.82, 2.24) is 26.2 Å². The topological polar surface area (TPSA) is 163 Å². The predicted molar refractivity (Wildman–Crippen MR) is 187 cm³/mol. The van der Waals surface area contributed by atoms with Gasteiger partial charge in [0.05, 0.1) is 6.04 Å². The van der Waals surface area contributed by atoms with Crippen LogP contribution in [0, 0.1) is 28.6 Å². The van der Waals surface area contributed by atoms with Gasteiger partial charge in [-0.1, -0.05) is 73.3 Å². The van der Waals surface area contributed by atoms with Gasteiger partial charge in [-0.3, -0.25) is 19.2 Å². The van der Waals surface area contributed by atoms with Gasteiger partial charge in [0.15, 0.2) is 0 Å². The molecule has 1 aliphatic heterocycles. The number of hydrogen-bond acceptors (Lipinski definition) is 7. The van der Waals surface area contributed by atoms with Crippen LogP contribution in [-0.4, -0.2) is 83.3 Å². The number of ether oxygens (including phenoxy) is 1. The van der Waals surface area contributed by atoms with Gasteiger partial charge in [-0.2, -0.15) is 0 Å². The van der Waals surface area contributed by atoms with E-state index < -0.39 is 70.7 Å². The first-order chi connectivity index (χ1) is 22.7. The van der Waals surface area contributed by atoms with E-state index in [0.717, 1.165) is 32.1 Å². The molecular formula is C37H61N5O7. The number of nitrogens with one attached hydrogen (secondary N) is 4. The Morgan fingerprint density at radius 1 is 0.959 bits per heavy atom. The number of likely N-dealkylation sites (tertiary alicyclic amines) is 1. The molecule has 2 aliphatic carbocycles. The van der Waals surface area contributed by atoms with E-state index in [-0.39, 0.29) is 36.1 Å². The van der Waals surface area contributed by atoms with Crippen LogP contribution in [0.15, 0.2) is 12.7 Å². The van der Waals surface area contributed by atoms with Crippen molar-refractivity contribution in [1.29, 1.82) is 0 Å². The third kappa shape index (κ3) is 10.1.